The Morgan fingerprint density at radius 3 is 2.82 bits per heavy atom. The van der Waals surface area contributed by atoms with Gasteiger partial charge in [-0.1, -0.05) is 6.07 Å². The van der Waals surface area contributed by atoms with Gasteiger partial charge in [-0.2, -0.15) is 0 Å². The quantitative estimate of drug-likeness (QED) is 0.846. The minimum absolute atomic E-state index is 0.124. The summed E-state index contributed by atoms with van der Waals surface area (Å²) in [4.78, 5) is 1.38. The first-order valence-corrected chi connectivity index (χ1v) is 7.16. The average molecular weight is 254 g/mol. The van der Waals surface area contributed by atoms with E-state index in [1.165, 1.54) is 4.88 Å². The van der Waals surface area contributed by atoms with Crippen molar-refractivity contribution in [3.8, 4) is 0 Å². The maximum atomic E-state index is 5.96. The Bertz CT molecular complexity index is 318. The molecule has 0 aromatic carbocycles. The molecular formula is C13H22N2OS. The molecule has 0 unspecified atom stereocenters. The van der Waals surface area contributed by atoms with Crippen LogP contribution in [0.4, 0.5) is 0 Å². The number of thiophene rings is 1. The van der Waals surface area contributed by atoms with Gasteiger partial charge in [0.05, 0.1) is 6.10 Å². The number of rotatable bonds is 5. The van der Waals surface area contributed by atoms with Gasteiger partial charge in [-0.15, -0.1) is 11.3 Å². The number of ether oxygens (including phenoxy) is 1. The molecule has 1 aromatic rings. The van der Waals surface area contributed by atoms with E-state index >= 15 is 0 Å². The van der Waals surface area contributed by atoms with Gasteiger partial charge in [-0.05, 0) is 37.1 Å². The predicted octanol–water partition coefficient (Wildman–Crippen LogP) is 2.12. The maximum Gasteiger partial charge on any atom is 0.0572 e. The number of nitrogens with two attached hydrogens (primary N) is 1. The van der Waals surface area contributed by atoms with Gasteiger partial charge in [-0.25, -0.2) is 0 Å². The molecule has 0 aliphatic heterocycles. The lowest BCUT2D eigenvalue weighted by Crippen LogP contribution is -2.53. The van der Waals surface area contributed by atoms with E-state index in [2.05, 4.69) is 22.8 Å². The monoisotopic (exact) mass is 254 g/mol. The number of nitrogens with one attached hydrogen (secondary N) is 1. The average Bonchev–Trinajstić information content (AvgIpc) is 2.90. The molecule has 0 saturated heterocycles. The lowest BCUT2D eigenvalue weighted by molar-refractivity contribution is 0.0428. The molecule has 1 fully saturated rings. The zero-order valence-corrected chi connectivity index (χ0v) is 11.3. The lowest BCUT2D eigenvalue weighted by Gasteiger charge is -2.39. The second-order valence-electron chi connectivity index (χ2n) is 4.85. The van der Waals surface area contributed by atoms with Crippen LogP contribution in [0.3, 0.4) is 0 Å². The van der Waals surface area contributed by atoms with Crippen LogP contribution >= 0.6 is 11.3 Å². The Kier molecular flexibility index (Phi) is 4.56. The maximum absolute atomic E-state index is 5.96. The van der Waals surface area contributed by atoms with Crippen molar-refractivity contribution < 1.29 is 4.74 Å². The van der Waals surface area contributed by atoms with E-state index in [1.807, 2.05) is 0 Å². The molecule has 4 heteroatoms. The van der Waals surface area contributed by atoms with Crippen molar-refractivity contribution in [2.75, 3.05) is 13.7 Å². The van der Waals surface area contributed by atoms with E-state index in [0.29, 0.717) is 6.10 Å². The molecule has 2 rings (SSSR count). The topological polar surface area (TPSA) is 47.3 Å². The Labute approximate surface area is 107 Å². The summed E-state index contributed by atoms with van der Waals surface area (Å²) in [5, 5.41) is 5.78. The van der Waals surface area contributed by atoms with E-state index in [-0.39, 0.29) is 5.54 Å². The van der Waals surface area contributed by atoms with Gasteiger partial charge in [0, 0.05) is 30.6 Å². The van der Waals surface area contributed by atoms with E-state index in [4.69, 9.17) is 10.5 Å². The molecule has 3 N–H and O–H groups in total. The summed E-state index contributed by atoms with van der Waals surface area (Å²) < 4.78 is 5.41. The van der Waals surface area contributed by atoms with Crippen LogP contribution in [0.25, 0.3) is 0 Å². The second-order valence-corrected chi connectivity index (χ2v) is 5.88. The molecule has 0 bridgehead atoms. The number of hydrogen-bond donors (Lipinski definition) is 2. The summed E-state index contributed by atoms with van der Waals surface area (Å²) in [6, 6.07) is 4.27. The molecule has 1 heterocycles. The lowest BCUT2D eigenvalue weighted by atomic mass is 9.80. The standard InChI is InChI=1S/C13H22N2OS/c1-16-11-4-6-13(10-14,7-5-11)15-9-12-3-2-8-17-12/h2-3,8,11,15H,4-7,9-10,14H2,1H3. The fourth-order valence-corrected chi connectivity index (χ4v) is 3.17. The van der Waals surface area contributed by atoms with Crippen molar-refractivity contribution >= 4 is 11.3 Å². The van der Waals surface area contributed by atoms with Crippen molar-refractivity contribution in [2.24, 2.45) is 5.73 Å². The van der Waals surface area contributed by atoms with Gasteiger partial charge in [-0.3, -0.25) is 0 Å². The van der Waals surface area contributed by atoms with Crippen LogP contribution in [0.1, 0.15) is 30.6 Å². The predicted molar refractivity (Wildman–Crippen MR) is 72.2 cm³/mol. The highest BCUT2D eigenvalue weighted by Crippen LogP contribution is 2.29. The summed E-state index contributed by atoms with van der Waals surface area (Å²) in [6.45, 7) is 1.65. The zero-order chi connectivity index (χ0) is 12.1. The molecule has 17 heavy (non-hydrogen) atoms. The van der Waals surface area contributed by atoms with Gasteiger partial charge in [0.15, 0.2) is 0 Å². The smallest absolute Gasteiger partial charge is 0.0572 e. The minimum atomic E-state index is 0.124. The molecule has 1 aliphatic carbocycles. The molecule has 0 radical (unpaired) electrons. The zero-order valence-electron chi connectivity index (χ0n) is 10.4. The summed E-state index contributed by atoms with van der Waals surface area (Å²) in [6.07, 6.45) is 4.90. The number of methoxy groups -OCH3 is 1. The van der Waals surface area contributed by atoms with Crippen molar-refractivity contribution in [2.45, 2.75) is 43.9 Å². The van der Waals surface area contributed by atoms with Crippen LogP contribution in [0.2, 0.25) is 0 Å². The van der Waals surface area contributed by atoms with Crippen LogP contribution in [-0.4, -0.2) is 25.3 Å². The third-order valence-corrected chi connectivity index (χ3v) is 4.71. The Morgan fingerprint density at radius 1 is 1.53 bits per heavy atom. The van der Waals surface area contributed by atoms with Crippen LogP contribution in [-0.2, 0) is 11.3 Å². The summed E-state index contributed by atoms with van der Waals surface area (Å²) >= 11 is 1.80. The minimum Gasteiger partial charge on any atom is -0.381 e. The van der Waals surface area contributed by atoms with Gasteiger partial charge in [0.25, 0.3) is 0 Å². The second kappa shape index (κ2) is 5.96. The Hall–Kier alpha value is -0.420. The van der Waals surface area contributed by atoms with Crippen molar-refractivity contribution in [1.82, 2.24) is 5.32 Å². The van der Waals surface area contributed by atoms with Crippen molar-refractivity contribution in [1.29, 1.82) is 0 Å². The van der Waals surface area contributed by atoms with Gasteiger partial charge >= 0.3 is 0 Å². The highest BCUT2D eigenvalue weighted by Gasteiger charge is 2.33. The molecule has 0 amide bonds. The van der Waals surface area contributed by atoms with E-state index in [9.17, 15) is 0 Å². The SMILES string of the molecule is COC1CCC(CN)(NCc2cccs2)CC1. The first-order chi connectivity index (χ1) is 8.28. The van der Waals surface area contributed by atoms with Gasteiger partial charge in [0.1, 0.15) is 0 Å². The molecule has 0 spiro atoms. The molecule has 0 atom stereocenters. The highest BCUT2D eigenvalue weighted by atomic mass is 32.1. The summed E-state index contributed by atoms with van der Waals surface area (Å²) in [5.74, 6) is 0. The summed E-state index contributed by atoms with van der Waals surface area (Å²) in [5.41, 5.74) is 6.09. The van der Waals surface area contributed by atoms with Gasteiger partial charge in [0.2, 0.25) is 0 Å². The van der Waals surface area contributed by atoms with Crippen LogP contribution in [0.5, 0.6) is 0 Å². The molecule has 96 valence electrons. The highest BCUT2D eigenvalue weighted by molar-refractivity contribution is 7.09. The van der Waals surface area contributed by atoms with Crippen molar-refractivity contribution in [3.05, 3.63) is 22.4 Å². The van der Waals surface area contributed by atoms with Crippen LogP contribution in [0, 0.1) is 0 Å². The Balaban J connectivity index is 1.87. The van der Waals surface area contributed by atoms with E-state index in [0.717, 1.165) is 38.8 Å². The first-order valence-electron chi connectivity index (χ1n) is 6.28. The fraction of sp³-hybridized carbons (Fsp3) is 0.692. The molecule has 3 nitrogen and oxygen atoms in total. The van der Waals surface area contributed by atoms with E-state index in [1.54, 1.807) is 18.4 Å². The molecule has 1 saturated carbocycles. The molecule has 1 aromatic heterocycles. The fourth-order valence-electron chi connectivity index (χ4n) is 2.52. The molecule has 1 aliphatic rings. The number of hydrogen-bond acceptors (Lipinski definition) is 4. The van der Waals surface area contributed by atoms with Crippen LogP contribution < -0.4 is 11.1 Å². The first kappa shape index (κ1) is 13.0. The van der Waals surface area contributed by atoms with Gasteiger partial charge < -0.3 is 15.8 Å². The van der Waals surface area contributed by atoms with Crippen LogP contribution in [0.15, 0.2) is 17.5 Å². The van der Waals surface area contributed by atoms with Crippen molar-refractivity contribution in [3.63, 3.8) is 0 Å². The van der Waals surface area contributed by atoms with E-state index < -0.39 is 0 Å². The normalized spacial score (nSPS) is 29.4. The Morgan fingerprint density at radius 2 is 2.29 bits per heavy atom. The third kappa shape index (κ3) is 3.28. The molecular weight excluding hydrogens is 232 g/mol. The summed E-state index contributed by atoms with van der Waals surface area (Å²) in [7, 11) is 1.80. The third-order valence-electron chi connectivity index (χ3n) is 3.83. The largest absolute Gasteiger partial charge is 0.381 e.